The second kappa shape index (κ2) is 10.5. The Kier molecular flexibility index (Phi) is 8.73. The number of amides is 1. The molecule has 180 valence electrons. The molecule has 1 N–H and O–H groups in total. The minimum absolute atomic E-state index is 0.0577. The van der Waals surface area contributed by atoms with Crippen molar-refractivity contribution in [3.8, 4) is 0 Å². The molecule has 0 radical (unpaired) electrons. The number of nitrogens with one attached hydrogen (secondary N) is 1. The number of alkyl carbamates (subject to hydrolysis) is 1. The zero-order chi connectivity index (χ0) is 24.2. The predicted octanol–water partition coefficient (Wildman–Crippen LogP) is 5.79. The standard InChI is InChI=1S/C25H41NO5Si/c1-10-14-20-21(26-23(27)28-17-19-15-12-11-13-16-19)22(30-25(6,7)29-20)18(2)31-32(8,9)24(3,4)5/h10-16,18,20-22H,17H2,1-9H3,(H,26,27)/b14-10+/t18-,20-,21-,22-/m0/s1. The Morgan fingerprint density at radius 2 is 1.84 bits per heavy atom. The molecule has 0 aliphatic carbocycles. The van der Waals surface area contributed by atoms with Crippen molar-refractivity contribution in [2.45, 2.75) is 103 Å². The highest BCUT2D eigenvalue weighted by Gasteiger charge is 2.48. The first-order valence-electron chi connectivity index (χ1n) is 11.4. The summed E-state index contributed by atoms with van der Waals surface area (Å²) >= 11 is 0. The lowest BCUT2D eigenvalue weighted by molar-refractivity contribution is -0.310. The van der Waals surface area contributed by atoms with Crippen LogP contribution >= 0.6 is 0 Å². The van der Waals surface area contributed by atoms with Crippen molar-refractivity contribution in [1.29, 1.82) is 0 Å². The Labute approximate surface area is 194 Å². The number of rotatable bonds is 7. The van der Waals surface area contributed by atoms with Crippen molar-refractivity contribution in [1.82, 2.24) is 5.32 Å². The van der Waals surface area contributed by atoms with Gasteiger partial charge in [-0.25, -0.2) is 4.79 Å². The van der Waals surface area contributed by atoms with Gasteiger partial charge in [-0.3, -0.25) is 0 Å². The van der Waals surface area contributed by atoms with Gasteiger partial charge in [-0.05, 0) is 51.4 Å². The van der Waals surface area contributed by atoms with E-state index in [9.17, 15) is 4.79 Å². The van der Waals surface area contributed by atoms with Crippen LogP contribution in [0.5, 0.6) is 0 Å². The molecule has 4 atom stereocenters. The summed E-state index contributed by atoms with van der Waals surface area (Å²) < 4.78 is 24.6. The SMILES string of the molecule is C/C=C/[C@@H]1OC(C)(C)O[C@@H]([C@H](C)O[Si](C)(C)C(C)(C)C)[C@H]1NC(=O)OCc1ccccc1. The molecule has 1 saturated heterocycles. The van der Waals surface area contributed by atoms with Gasteiger partial charge in [0.05, 0.1) is 12.1 Å². The van der Waals surface area contributed by atoms with Gasteiger partial charge < -0.3 is 24.0 Å². The van der Waals surface area contributed by atoms with E-state index in [4.69, 9.17) is 18.6 Å². The first-order chi connectivity index (χ1) is 14.8. The van der Waals surface area contributed by atoms with Crippen LogP contribution in [0.4, 0.5) is 4.79 Å². The van der Waals surface area contributed by atoms with E-state index in [0.717, 1.165) is 5.56 Å². The van der Waals surface area contributed by atoms with Crippen molar-refractivity contribution in [3.05, 3.63) is 48.0 Å². The number of benzene rings is 1. The van der Waals surface area contributed by atoms with Crippen LogP contribution in [0.3, 0.4) is 0 Å². The molecule has 32 heavy (non-hydrogen) atoms. The molecule has 1 heterocycles. The first-order valence-corrected chi connectivity index (χ1v) is 14.3. The lowest BCUT2D eigenvalue weighted by Crippen LogP contribution is -2.64. The van der Waals surface area contributed by atoms with Crippen LogP contribution in [0.15, 0.2) is 42.5 Å². The molecule has 0 spiro atoms. The summed E-state index contributed by atoms with van der Waals surface area (Å²) in [6.45, 7) is 19.0. The maximum Gasteiger partial charge on any atom is 0.407 e. The quantitative estimate of drug-likeness (QED) is 0.410. The molecular formula is C25H41NO5Si. The fraction of sp³-hybridized carbons (Fsp3) is 0.640. The van der Waals surface area contributed by atoms with Gasteiger partial charge >= 0.3 is 6.09 Å². The number of hydrogen-bond donors (Lipinski definition) is 1. The smallest absolute Gasteiger partial charge is 0.407 e. The second-order valence-electron chi connectivity index (χ2n) is 10.4. The van der Waals surface area contributed by atoms with E-state index in [1.54, 1.807) is 0 Å². The number of allylic oxidation sites excluding steroid dienone is 1. The summed E-state index contributed by atoms with van der Waals surface area (Å²) in [6, 6.07) is 9.14. The van der Waals surface area contributed by atoms with Crippen LogP contribution in [0, 0.1) is 0 Å². The fourth-order valence-corrected chi connectivity index (χ4v) is 4.94. The minimum Gasteiger partial charge on any atom is -0.445 e. The molecule has 0 aromatic heterocycles. The Hall–Kier alpha value is -1.67. The van der Waals surface area contributed by atoms with E-state index in [0.29, 0.717) is 0 Å². The van der Waals surface area contributed by atoms with Gasteiger partial charge in [-0.2, -0.15) is 0 Å². The highest BCUT2D eigenvalue weighted by molar-refractivity contribution is 6.74. The number of carbonyl (C=O) groups is 1. The van der Waals surface area contributed by atoms with E-state index in [1.807, 2.05) is 70.2 Å². The summed E-state index contributed by atoms with van der Waals surface area (Å²) in [5.74, 6) is -0.813. The Morgan fingerprint density at radius 3 is 2.41 bits per heavy atom. The maximum atomic E-state index is 12.7. The molecule has 1 aliphatic heterocycles. The van der Waals surface area contributed by atoms with Gasteiger partial charge in [0, 0.05) is 0 Å². The van der Waals surface area contributed by atoms with E-state index in [2.05, 4.69) is 39.2 Å². The van der Waals surface area contributed by atoms with Crippen LogP contribution in [0.1, 0.15) is 54.0 Å². The van der Waals surface area contributed by atoms with Gasteiger partial charge in [-0.15, -0.1) is 0 Å². The zero-order valence-electron chi connectivity index (χ0n) is 21.1. The third kappa shape index (κ3) is 7.17. The highest BCUT2D eigenvalue weighted by atomic mass is 28.4. The summed E-state index contributed by atoms with van der Waals surface area (Å²) in [6.07, 6.45) is 2.34. The summed E-state index contributed by atoms with van der Waals surface area (Å²) in [5, 5.41) is 3.05. The van der Waals surface area contributed by atoms with Crippen LogP contribution in [0.2, 0.25) is 18.1 Å². The third-order valence-electron chi connectivity index (χ3n) is 6.18. The number of hydrogen-bond acceptors (Lipinski definition) is 5. The van der Waals surface area contributed by atoms with Crippen molar-refractivity contribution in [2.24, 2.45) is 0 Å². The van der Waals surface area contributed by atoms with Gasteiger partial charge in [0.1, 0.15) is 18.8 Å². The second-order valence-corrected chi connectivity index (χ2v) is 15.2. The average molecular weight is 464 g/mol. The van der Waals surface area contributed by atoms with Crippen LogP contribution < -0.4 is 5.32 Å². The summed E-state index contributed by atoms with van der Waals surface area (Å²) in [7, 11) is -2.05. The van der Waals surface area contributed by atoms with E-state index >= 15 is 0 Å². The monoisotopic (exact) mass is 463 g/mol. The van der Waals surface area contributed by atoms with Gasteiger partial charge in [-0.1, -0.05) is 63.3 Å². The minimum atomic E-state index is -2.05. The van der Waals surface area contributed by atoms with Crippen LogP contribution in [-0.4, -0.2) is 44.6 Å². The normalized spacial score (nSPS) is 24.8. The van der Waals surface area contributed by atoms with E-state index in [1.165, 1.54) is 0 Å². The lowest BCUT2D eigenvalue weighted by Gasteiger charge is -2.49. The largest absolute Gasteiger partial charge is 0.445 e. The van der Waals surface area contributed by atoms with E-state index in [-0.39, 0.29) is 23.9 Å². The molecule has 1 fully saturated rings. The van der Waals surface area contributed by atoms with Crippen molar-refractivity contribution < 1.29 is 23.4 Å². The zero-order valence-corrected chi connectivity index (χ0v) is 22.1. The topological polar surface area (TPSA) is 66.0 Å². The molecule has 2 rings (SSSR count). The molecule has 0 saturated carbocycles. The van der Waals surface area contributed by atoms with Crippen molar-refractivity contribution >= 4 is 14.4 Å². The molecule has 7 heteroatoms. The lowest BCUT2D eigenvalue weighted by atomic mass is 9.97. The Morgan fingerprint density at radius 1 is 1.22 bits per heavy atom. The maximum absolute atomic E-state index is 12.7. The molecule has 1 aromatic carbocycles. The number of ether oxygens (including phenoxy) is 3. The molecule has 6 nitrogen and oxygen atoms in total. The molecule has 0 unspecified atom stereocenters. The fourth-order valence-electron chi connectivity index (χ4n) is 3.53. The molecule has 1 aromatic rings. The molecule has 1 amide bonds. The van der Waals surface area contributed by atoms with Gasteiger partial charge in [0.2, 0.25) is 0 Å². The third-order valence-corrected chi connectivity index (χ3v) is 10.7. The van der Waals surface area contributed by atoms with Gasteiger partial charge in [0.25, 0.3) is 0 Å². The summed E-state index contributed by atoms with van der Waals surface area (Å²) in [5.41, 5.74) is 0.927. The average Bonchev–Trinajstić information content (AvgIpc) is 2.67. The molecular weight excluding hydrogens is 422 g/mol. The van der Waals surface area contributed by atoms with Crippen molar-refractivity contribution in [2.75, 3.05) is 0 Å². The molecule has 0 bridgehead atoms. The van der Waals surface area contributed by atoms with Crippen LogP contribution in [0.25, 0.3) is 0 Å². The van der Waals surface area contributed by atoms with E-state index < -0.39 is 32.3 Å². The number of carbonyl (C=O) groups excluding carboxylic acids is 1. The van der Waals surface area contributed by atoms with Crippen LogP contribution in [-0.2, 0) is 25.2 Å². The first kappa shape index (κ1) is 26.6. The highest BCUT2D eigenvalue weighted by Crippen LogP contribution is 2.39. The predicted molar refractivity (Wildman–Crippen MR) is 130 cm³/mol. The Bertz CT molecular complexity index is 772. The Balaban J connectivity index is 2.21. The van der Waals surface area contributed by atoms with Gasteiger partial charge in [0.15, 0.2) is 14.1 Å². The summed E-state index contributed by atoms with van der Waals surface area (Å²) in [4.78, 5) is 12.7. The van der Waals surface area contributed by atoms with Crippen molar-refractivity contribution in [3.63, 3.8) is 0 Å². The molecule has 1 aliphatic rings.